The summed E-state index contributed by atoms with van der Waals surface area (Å²) in [4.78, 5) is 14.8. The SMILES string of the molecule is CC(CNc1cc(C(=O)O)c(N)cn1)S(C)=O. The van der Waals surface area contributed by atoms with Crippen molar-refractivity contribution >= 4 is 28.3 Å². The van der Waals surface area contributed by atoms with Crippen LogP contribution in [0, 0.1) is 0 Å². The zero-order valence-electron chi connectivity index (χ0n) is 9.64. The van der Waals surface area contributed by atoms with Crippen LogP contribution in [0.3, 0.4) is 0 Å². The van der Waals surface area contributed by atoms with Crippen LogP contribution in [0.1, 0.15) is 17.3 Å². The van der Waals surface area contributed by atoms with Gasteiger partial charge in [-0.25, -0.2) is 9.78 Å². The number of carbonyl (C=O) groups is 1. The zero-order chi connectivity index (χ0) is 13.0. The van der Waals surface area contributed by atoms with Crippen LogP contribution in [0.5, 0.6) is 0 Å². The molecule has 0 amide bonds. The van der Waals surface area contributed by atoms with Crippen LogP contribution in [0.2, 0.25) is 0 Å². The fraction of sp³-hybridized carbons (Fsp3) is 0.400. The summed E-state index contributed by atoms with van der Waals surface area (Å²) in [7, 11) is -0.934. The predicted molar refractivity (Wildman–Crippen MR) is 67.6 cm³/mol. The summed E-state index contributed by atoms with van der Waals surface area (Å²) in [5, 5.41) is 11.8. The molecule has 0 spiro atoms. The molecule has 94 valence electrons. The van der Waals surface area contributed by atoms with Crippen molar-refractivity contribution in [2.24, 2.45) is 0 Å². The van der Waals surface area contributed by atoms with Crippen molar-refractivity contribution in [1.29, 1.82) is 0 Å². The van der Waals surface area contributed by atoms with Crippen molar-refractivity contribution in [2.75, 3.05) is 23.9 Å². The van der Waals surface area contributed by atoms with E-state index >= 15 is 0 Å². The summed E-state index contributed by atoms with van der Waals surface area (Å²) >= 11 is 0. The maximum atomic E-state index is 11.1. The summed E-state index contributed by atoms with van der Waals surface area (Å²) in [6.45, 7) is 2.29. The Morgan fingerprint density at radius 3 is 2.88 bits per heavy atom. The van der Waals surface area contributed by atoms with Crippen molar-refractivity contribution < 1.29 is 14.1 Å². The summed E-state index contributed by atoms with van der Waals surface area (Å²) in [5.41, 5.74) is 5.60. The van der Waals surface area contributed by atoms with Crippen LogP contribution in [0.4, 0.5) is 11.5 Å². The van der Waals surface area contributed by atoms with Crippen LogP contribution >= 0.6 is 0 Å². The molecule has 0 aliphatic carbocycles. The lowest BCUT2D eigenvalue weighted by Gasteiger charge is -2.11. The molecular weight excluding hydrogens is 242 g/mol. The van der Waals surface area contributed by atoms with Gasteiger partial charge in [-0.2, -0.15) is 0 Å². The molecular formula is C10H15N3O3S. The van der Waals surface area contributed by atoms with Gasteiger partial charge >= 0.3 is 5.97 Å². The third-order valence-corrected chi connectivity index (χ3v) is 3.60. The Morgan fingerprint density at radius 2 is 2.35 bits per heavy atom. The number of aromatic nitrogens is 1. The quantitative estimate of drug-likeness (QED) is 0.711. The van der Waals surface area contributed by atoms with Crippen LogP contribution in [-0.2, 0) is 10.8 Å². The highest BCUT2D eigenvalue weighted by Crippen LogP contribution is 2.14. The number of carboxylic acids is 1. The van der Waals surface area contributed by atoms with Gasteiger partial charge in [-0.05, 0) is 13.0 Å². The van der Waals surface area contributed by atoms with E-state index in [4.69, 9.17) is 10.8 Å². The minimum absolute atomic E-state index is 0.00720. The van der Waals surface area contributed by atoms with E-state index in [0.717, 1.165) is 0 Å². The van der Waals surface area contributed by atoms with Crippen LogP contribution < -0.4 is 11.1 Å². The molecule has 4 N–H and O–H groups in total. The lowest BCUT2D eigenvalue weighted by molar-refractivity contribution is 0.0698. The Morgan fingerprint density at radius 1 is 1.71 bits per heavy atom. The molecule has 7 heteroatoms. The van der Waals surface area contributed by atoms with Crippen LogP contribution in [-0.4, -0.2) is 38.3 Å². The minimum atomic E-state index is -1.10. The smallest absolute Gasteiger partial charge is 0.337 e. The topological polar surface area (TPSA) is 105 Å². The van der Waals surface area contributed by atoms with Crippen molar-refractivity contribution in [2.45, 2.75) is 12.2 Å². The monoisotopic (exact) mass is 257 g/mol. The molecule has 0 radical (unpaired) electrons. The zero-order valence-corrected chi connectivity index (χ0v) is 10.5. The molecule has 0 saturated heterocycles. The van der Waals surface area contributed by atoms with Crippen molar-refractivity contribution in [1.82, 2.24) is 4.98 Å². The molecule has 0 aliphatic heterocycles. The third kappa shape index (κ3) is 3.70. The molecule has 1 rings (SSSR count). The number of nitrogen functional groups attached to an aromatic ring is 1. The molecule has 0 aromatic carbocycles. The number of anilines is 2. The summed E-state index contributed by atoms with van der Waals surface area (Å²) in [6.07, 6.45) is 2.91. The molecule has 0 bridgehead atoms. The summed E-state index contributed by atoms with van der Waals surface area (Å²) in [6, 6.07) is 1.36. The third-order valence-electron chi connectivity index (χ3n) is 2.30. The Bertz CT molecular complexity index is 450. The fourth-order valence-electron chi connectivity index (χ4n) is 1.11. The maximum absolute atomic E-state index is 11.1. The van der Waals surface area contributed by atoms with E-state index in [1.54, 1.807) is 6.26 Å². The van der Waals surface area contributed by atoms with Gasteiger partial charge in [0.25, 0.3) is 0 Å². The Hall–Kier alpha value is -1.63. The van der Waals surface area contributed by atoms with Gasteiger partial charge in [-0.1, -0.05) is 0 Å². The van der Waals surface area contributed by atoms with Crippen LogP contribution in [0.15, 0.2) is 12.3 Å². The molecule has 2 atom stereocenters. The number of nitrogens with two attached hydrogens (primary N) is 1. The molecule has 0 fully saturated rings. The number of hydrogen-bond acceptors (Lipinski definition) is 5. The molecule has 0 saturated carbocycles. The number of rotatable bonds is 5. The molecule has 17 heavy (non-hydrogen) atoms. The largest absolute Gasteiger partial charge is 0.478 e. The van der Waals surface area contributed by atoms with Gasteiger partial charge in [0.15, 0.2) is 0 Å². The Balaban J connectivity index is 2.76. The summed E-state index contributed by atoms with van der Waals surface area (Å²) < 4.78 is 11.1. The predicted octanol–water partition coefficient (Wildman–Crippen LogP) is 0.541. The van der Waals surface area contributed by atoms with Gasteiger partial charge in [0.05, 0.1) is 17.4 Å². The highest BCUT2D eigenvalue weighted by molar-refractivity contribution is 7.84. The molecule has 1 aromatic heterocycles. The highest BCUT2D eigenvalue weighted by atomic mass is 32.2. The molecule has 6 nitrogen and oxygen atoms in total. The number of pyridine rings is 1. The lowest BCUT2D eigenvalue weighted by atomic mass is 10.2. The van der Waals surface area contributed by atoms with E-state index < -0.39 is 16.8 Å². The number of hydrogen-bond donors (Lipinski definition) is 3. The highest BCUT2D eigenvalue weighted by Gasteiger charge is 2.11. The second kappa shape index (κ2) is 5.62. The molecule has 1 heterocycles. The number of carboxylic acid groups (broad SMARTS) is 1. The number of aromatic carboxylic acids is 1. The van der Waals surface area contributed by atoms with E-state index in [2.05, 4.69) is 10.3 Å². The average Bonchev–Trinajstić information content (AvgIpc) is 2.26. The standard InChI is InChI=1S/C10H15N3O3S/c1-6(17(2)16)4-12-9-3-7(10(14)15)8(11)5-13-9/h3,5-6H,4,11H2,1-2H3,(H,12,13)(H,14,15). The first-order chi connectivity index (χ1) is 7.91. The number of nitrogens with one attached hydrogen (secondary N) is 1. The van der Waals surface area contributed by atoms with Gasteiger partial charge in [0, 0.05) is 28.9 Å². The van der Waals surface area contributed by atoms with Gasteiger partial charge in [0.1, 0.15) is 5.82 Å². The Labute approximate surface area is 102 Å². The van der Waals surface area contributed by atoms with E-state index in [1.165, 1.54) is 12.3 Å². The Kier molecular flexibility index (Phi) is 4.45. The van der Waals surface area contributed by atoms with Crippen LogP contribution in [0.25, 0.3) is 0 Å². The van der Waals surface area contributed by atoms with E-state index in [9.17, 15) is 9.00 Å². The second-order valence-corrected chi connectivity index (χ2v) is 5.45. The lowest BCUT2D eigenvalue weighted by Crippen LogP contribution is -2.21. The second-order valence-electron chi connectivity index (χ2n) is 3.65. The van der Waals surface area contributed by atoms with Gasteiger partial charge in [-0.3, -0.25) is 4.21 Å². The van der Waals surface area contributed by atoms with E-state index in [0.29, 0.717) is 12.4 Å². The maximum Gasteiger partial charge on any atom is 0.337 e. The average molecular weight is 257 g/mol. The first kappa shape index (κ1) is 13.4. The molecule has 0 aliphatic rings. The van der Waals surface area contributed by atoms with E-state index in [-0.39, 0.29) is 16.5 Å². The van der Waals surface area contributed by atoms with Crippen molar-refractivity contribution in [3.8, 4) is 0 Å². The van der Waals surface area contributed by atoms with Crippen molar-refractivity contribution in [3.05, 3.63) is 17.8 Å². The fourth-order valence-corrected chi connectivity index (χ4v) is 1.43. The molecule has 1 aromatic rings. The first-order valence-corrected chi connectivity index (χ1v) is 6.59. The van der Waals surface area contributed by atoms with Gasteiger partial charge in [-0.15, -0.1) is 0 Å². The van der Waals surface area contributed by atoms with Gasteiger partial charge in [0.2, 0.25) is 0 Å². The normalized spacial score (nSPS) is 14.0. The minimum Gasteiger partial charge on any atom is -0.478 e. The molecule has 2 unspecified atom stereocenters. The summed E-state index contributed by atoms with van der Waals surface area (Å²) in [5.74, 6) is -0.686. The number of nitrogens with zero attached hydrogens (tertiary/aromatic N) is 1. The van der Waals surface area contributed by atoms with Gasteiger partial charge < -0.3 is 16.2 Å². The van der Waals surface area contributed by atoms with E-state index in [1.807, 2.05) is 6.92 Å². The first-order valence-electron chi connectivity index (χ1n) is 4.96. The van der Waals surface area contributed by atoms with Crippen molar-refractivity contribution in [3.63, 3.8) is 0 Å².